The molecule has 0 spiro atoms. The fraction of sp³-hybridized carbons (Fsp3) is 0. The molecular weight excluding hydrogens is 146 g/mol. The number of rotatable bonds is 1. The largest absolute Gasteiger partial charge is 0.0985 e. The van der Waals surface area contributed by atoms with E-state index in [0.29, 0.717) is 0 Å². The predicted molar refractivity (Wildman–Crippen MR) is 54.0 cm³/mol. The van der Waals surface area contributed by atoms with E-state index in [1.165, 1.54) is 16.3 Å². The van der Waals surface area contributed by atoms with Crippen molar-refractivity contribution in [2.24, 2.45) is 0 Å². The summed E-state index contributed by atoms with van der Waals surface area (Å²) >= 11 is 0. The lowest BCUT2D eigenvalue weighted by Crippen LogP contribution is -1.73. The highest BCUT2D eigenvalue weighted by molar-refractivity contribution is 5.84. The van der Waals surface area contributed by atoms with Crippen LogP contribution in [0.4, 0.5) is 0 Å². The van der Waals surface area contributed by atoms with Gasteiger partial charge in [-0.2, -0.15) is 0 Å². The van der Waals surface area contributed by atoms with Gasteiger partial charge >= 0.3 is 0 Å². The van der Waals surface area contributed by atoms with Gasteiger partial charge in [0.25, 0.3) is 0 Å². The Kier molecular flexibility index (Phi) is 1.67. The average molecular weight is 156 g/mol. The lowest BCUT2D eigenvalue weighted by molar-refractivity contribution is 1.71. The van der Waals surface area contributed by atoms with Crippen molar-refractivity contribution in [3.63, 3.8) is 0 Å². The number of hydrogen-bond acceptors (Lipinski definition) is 0. The van der Waals surface area contributed by atoms with Crippen LogP contribution >= 0.6 is 0 Å². The Balaban J connectivity index is 2.75. The van der Waals surface area contributed by atoms with Gasteiger partial charge in [0.1, 0.15) is 0 Å². The second-order valence-corrected chi connectivity index (χ2v) is 2.81. The van der Waals surface area contributed by atoms with Crippen LogP contribution in [0.15, 0.2) is 49.0 Å². The van der Waals surface area contributed by atoms with Gasteiger partial charge in [0, 0.05) is 0 Å². The number of fused-ring (bicyclic) bond motifs is 1. The summed E-state index contributed by atoms with van der Waals surface area (Å²) in [5, 5.41) is 2.55. The summed E-state index contributed by atoms with van der Waals surface area (Å²) in [6, 6.07) is 14.7. The first kappa shape index (κ1) is 7.11. The quantitative estimate of drug-likeness (QED) is 0.593. The maximum atomic E-state index is 3.74. The molecule has 0 aliphatic rings. The Hall–Kier alpha value is -1.56. The van der Waals surface area contributed by atoms with Gasteiger partial charge in [0.15, 0.2) is 0 Å². The van der Waals surface area contributed by atoms with Gasteiger partial charge in [-0.05, 0) is 22.4 Å². The monoisotopic (exact) mass is 156 g/mol. The Labute approximate surface area is 72.2 Å². The maximum absolute atomic E-state index is 3.74. The molecule has 0 amide bonds. The van der Waals surface area contributed by atoms with E-state index in [-0.39, 0.29) is 0 Å². The van der Waals surface area contributed by atoms with Crippen molar-refractivity contribution in [1.82, 2.24) is 0 Å². The average Bonchev–Trinajstić information content (AvgIpc) is 2.17. The molecule has 0 heteroatoms. The molecule has 12 heavy (non-hydrogen) atoms. The molecule has 2 aromatic rings. The van der Waals surface area contributed by atoms with E-state index in [9.17, 15) is 0 Å². The molecule has 0 aliphatic heterocycles. The van der Waals surface area contributed by atoms with Crippen LogP contribution in [0.3, 0.4) is 0 Å². The Bertz CT molecular complexity index is 413. The molecule has 0 N–H and O–H groups in total. The third-order valence-corrected chi connectivity index (χ3v) is 2.01. The lowest BCUT2D eigenvalue weighted by Gasteiger charge is -1.97. The summed E-state index contributed by atoms with van der Waals surface area (Å²) < 4.78 is 0. The van der Waals surface area contributed by atoms with E-state index in [1.807, 2.05) is 6.08 Å². The summed E-state index contributed by atoms with van der Waals surface area (Å²) in [4.78, 5) is 0. The number of benzene rings is 2. The van der Waals surface area contributed by atoms with Crippen molar-refractivity contribution in [2.75, 3.05) is 0 Å². The predicted octanol–water partition coefficient (Wildman–Crippen LogP) is 3.48. The molecule has 0 unspecified atom stereocenters. The zero-order valence-corrected chi connectivity index (χ0v) is 6.83. The van der Waals surface area contributed by atoms with Gasteiger partial charge in [-0.25, -0.2) is 0 Å². The van der Waals surface area contributed by atoms with Crippen LogP contribution in [-0.2, 0) is 0 Å². The highest BCUT2D eigenvalue weighted by atomic mass is 14.3. The van der Waals surface area contributed by atoms with E-state index in [2.05, 4.69) is 49.0 Å². The molecule has 0 fully saturated rings. The van der Waals surface area contributed by atoms with Gasteiger partial charge in [-0.1, -0.05) is 49.1 Å². The van der Waals surface area contributed by atoms with Gasteiger partial charge in [0.05, 0.1) is 0 Å². The molecule has 0 aliphatic carbocycles. The second kappa shape index (κ2) is 2.82. The molecule has 2 aromatic carbocycles. The van der Waals surface area contributed by atoms with Crippen molar-refractivity contribution in [3.05, 3.63) is 54.6 Å². The van der Waals surface area contributed by atoms with Crippen LogP contribution in [0.1, 0.15) is 5.56 Å². The molecule has 0 radical (unpaired) electrons. The van der Waals surface area contributed by atoms with Crippen LogP contribution in [0.25, 0.3) is 16.8 Å². The van der Waals surface area contributed by atoms with Gasteiger partial charge in [-0.15, -0.1) is 0 Å². The van der Waals surface area contributed by atoms with Crippen molar-refractivity contribution < 1.29 is 0 Å². The molecular formula is C12H10. The highest BCUT2D eigenvalue weighted by Gasteiger charge is 1.90. The Morgan fingerprint density at radius 2 is 1.67 bits per heavy atom. The minimum absolute atomic E-state index is 1.17. The summed E-state index contributed by atoms with van der Waals surface area (Å²) in [5.41, 5.74) is 1.17. The fourth-order valence-corrected chi connectivity index (χ4v) is 1.33. The van der Waals surface area contributed by atoms with E-state index in [1.54, 1.807) is 0 Å². The highest BCUT2D eigenvalue weighted by Crippen LogP contribution is 2.15. The van der Waals surface area contributed by atoms with Crippen molar-refractivity contribution >= 4 is 16.8 Å². The third-order valence-electron chi connectivity index (χ3n) is 2.01. The lowest BCUT2D eigenvalue weighted by atomic mass is 10.1. The standard InChI is InChI=1S/C12H10/c1-2-10-7-8-11-5-3-4-6-12(11)9-10/h2-9H,1H2/i1+2. The van der Waals surface area contributed by atoms with Crippen LogP contribution in [0, 0.1) is 0 Å². The molecule has 0 aromatic heterocycles. The van der Waals surface area contributed by atoms with Crippen LogP contribution in [0.5, 0.6) is 0 Å². The van der Waals surface area contributed by atoms with E-state index in [4.69, 9.17) is 0 Å². The molecule has 0 bridgehead atoms. The summed E-state index contributed by atoms with van der Waals surface area (Å²) in [6.07, 6.45) is 1.87. The summed E-state index contributed by atoms with van der Waals surface area (Å²) in [7, 11) is 0. The first-order valence-corrected chi connectivity index (χ1v) is 4.01. The zero-order valence-electron chi connectivity index (χ0n) is 6.83. The Morgan fingerprint density at radius 3 is 2.42 bits per heavy atom. The van der Waals surface area contributed by atoms with E-state index >= 15 is 0 Å². The molecule has 0 atom stereocenters. The first-order valence-electron chi connectivity index (χ1n) is 4.01. The van der Waals surface area contributed by atoms with Gasteiger partial charge < -0.3 is 0 Å². The zero-order chi connectivity index (χ0) is 8.39. The minimum atomic E-state index is 1.17. The molecule has 58 valence electrons. The van der Waals surface area contributed by atoms with Crippen LogP contribution in [-0.4, -0.2) is 0 Å². The second-order valence-electron chi connectivity index (χ2n) is 2.81. The molecule has 0 heterocycles. The Morgan fingerprint density at radius 1 is 0.917 bits per heavy atom. The summed E-state index contributed by atoms with van der Waals surface area (Å²) in [6.45, 7) is 3.74. The first-order chi connectivity index (χ1) is 5.90. The minimum Gasteiger partial charge on any atom is -0.0985 e. The van der Waals surface area contributed by atoms with Crippen molar-refractivity contribution in [1.29, 1.82) is 0 Å². The topological polar surface area (TPSA) is 0 Å². The molecule has 0 saturated heterocycles. The van der Waals surface area contributed by atoms with Crippen LogP contribution < -0.4 is 0 Å². The normalized spacial score (nSPS) is 10.0. The van der Waals surface area contributed by atoms with Crippen LogP contribution in [0.2, 0.25) is 0 Å². The van der Waals surface area contributed by atoms with Crippen molar-refractivity contribution in [3.8, 4) is 0 Å². The van der Waals surface area contributed by atoms with E-state index < -0.39 is 0 Å². The van der Waals surface area contributed by atoms with E-state index in [0.717, 1.165) is 0 Å². The van der Waals surface area contributed by atoms with Crippen molar-refractivity contribution in [2.45, 2.75) is 0 Å². The smallest absolute Gasteiger partial charge is 0.0178 e. The molecule has 0 saturated carbocycles. The maximum Gasteiger partial charge on any atom is -0.0178 e. The molecule has 0 nitrogen and oxygen atoms in total. The third kappa shape index (κ3) is 1.12. The fourth-order valence-electron chi connectivity index (χ4n) is 1.33. The van der Waals surface area contributed by atoms with Gasteiger partial charge in [0.2, 0.25) is 0 Å². The molecule has 2 rings (SSSR count). The number of hydrogen-bond donors (Lipinski definition) is 0. The van der Waals surface area contributed by atoms with Gasteiger partial charge in [-0.3, -0.25) is 0 Å². The SMILES string of the molecule is [14CH2]=Cc1ccc2ccccc2c1. The summed E-state index contributed by atoms with van der Waals surface area (Å²) in [5.74, 6) is 0.